The van der Waals surface area contributed by atoms with Gasteiger partial charge in [0, 0.05) is 37.6 Å². The maximum absolute atomic E-state index is 9.94. The van der Waals surface area contributed by atoms with Gasteiger partial charge in [0.2, 0.25) is 0 Å². The van der Waals surface area contributed by atoms with Gasteiger partial charge in [-0.15, -0.1) is 11.3 Å². The monoisotopic (exact) mass is 904 g/mol. The largest absolute Gasteiger partial charge is 0.310 e. The predicted octanol–water partition coefficient (Wildman–Crippen LogP) is 18.5. The highest BCUT2D eigenvalue weighted by Gasteiger charge is 2.44. The molecule has 1 heterocycles. The third kappa shape index (κ3) is 8.17. The molecular formula is C63H60N4S. The third-order valence-corrected chi connectivity index (χ3v) is 16.0. The van der Waals surface area contributed by atoms with Crippen LogP contribution in [0, 0.1) is 29.2 Å². The molecule has 5 heteroatoms. The molecule has 0 atom stereocenters. The van der Waals surface area contributed by atoms with Crippen molar-refractivity contribution >= 4 is 34.0 Å². The zero-order chi connectivity index (χ0) is 47.3. The van der Waals surface area contributed by atoms with Gasteiger partial charge in [-0.25, -0.2) is 10.1 Å². The number of anilines is 3. The summed E-state index contributed by atoms with van der Waals surface area (Å²) in [5.41, 5.74) is 18.1. The van der Waals surface area contributed by atoms with E-state index in [-0.39, 0.29) is 22.1 Å². The highest BCUT2D eigenvalue weighted by Crippen LogP contribution is 2.58. The van der Waals surface area contributed by atoms with Crippen LogP contribution in [0.5, 0.6) is 0 Å². The Bertz CT molecular complexity index is 3040. The van der Waals surface area contributed by atoms with Crippen LogP contribution < -0.4 is 4.90 Å². The molecule has 9 rings (SSSR count). The second-order valence-electron chi connectivity index (χ2n) is 18.8. The molecule has 0 N–H and O–H groups in total. The molecule has 0 radical (unpaired) electrons. The minimum atomic E-state index is -0.164. The van der Waals surface area contributed by atoms with Crippen molar-refractivity contribution in [1.29, 1.82) is 10.5 Å². The Labute approximate surface area is 408 Å². The van der Waals surface area contributed by atoms with Gasteiger partial charge in [0.1, 0.15) is 0 Å². The van der Waals surface area contributed by atoms with Crippen LogP contribution in [0.15, 0.2) is 151 Å². The van der Waals surface area contributed by atoms with Crippen LogP contribution in [0.3, 0.4) is 0 Å². The van der Waals surface area contributed by atoms with E-state index in [0.29, 0.717) is 4.88 Å². The lowest BCUT2D eigenvalue weighted by Crippen LogP contribution is -2.26. The molecule has 0 saturated carbocycles. The Morgan fingerprint density at radius 1 is 0.500 bits per heavy atom. The van der Waals surface area contributed by atoms with Gasteiger partial charge < -0.3 is 4.90 Å². The zero-order valence-corrected chi connectivity index (χ0v) is 40.9. The number of hydrogen-bond donors (Lipinski definition) is 0. The lowest BCUT2D eigenvalue weighted by molar-refractivity contribution is 0.414. The van der Waals surface area contributed by atoms with Crippen molar-refractivity contribution in [2.24, 2.45) is 0 Å². The van der Waals surface area contributed by atoms with Gasteiger partial charge in [-0.2, -0.15) is 5.26 Å². The summed E-state index contributed by atoms with van der Waals surface area (Å²) in [7, 11) is 0. The van der Waals surface area contributed by atoms with Gasteiger partial charge in [-0.1, -0.05) is 158 Å². The fourth-order valence-electron chi connectivity index (χ4n) is 11.5. The second kappa shape index (κ2) is 20.1. The smallest absolute Gasteiger partial charge is 0.280 e. The van der Waals surface area contributed by atoms with E-state index in [1.54, 1.807) is 0 Å². The molecule has 0 saturated heterocycles. The van der Waals surface area contributed by atoms with Crippen LogP contribution in [-0.2, 0) is 10.8 Å². The van der Waals surface area contributed by atoms with E-state index in [2.05, 4.69) is 177 Å². The highest BCUT2D eigenvalue weighted by atomic mass is 32.1. The van der Waals surface area contributed by atoms with E-state index in [1.165, 1.54) is 85.5 Å². The summed E-state index contributed by atoms with van der Waals surface area (Å²) in [6, 6.07) is 58.5. The maximum Gasteiger partial charge on any atom is 0.280 e. The summed E-state index contributed by atoms with van der Waals surface area (Å²) in [4.78, 5) is 7.44. The Hall–Kier alpha value is -6.97. The molecule has 1 aromatic heterocycles. The Balaban J connectivity index is 1.16. The first kappa shape index (κ1) is 46.2. The fraction of sp³-hybridized carbons (Fsp3) is 0.286. The Morgan fingerprint density at radius 3 is 1.35 bits per heavy atom. The fourth-order valence-corrected chi connectivity index (χ4v) is 12.5. The highest BCUT2D eigenvalue weighted by molar-refractivity contribution is 7.16. The summed E-state index contributed by atoms with van der Waals surface area (Å²) >= 11 is 1.48. The first-order chi connectivity index (χ1) is 33.4. The van der Waals surface area contributed by atoms with Crippen molar-refractivity contribution in [3.8, 4) is 56.0 Å². The number of allylic oxidation sites excluding steroid dienone is 2. The molecule has 338 valence electrons. The Kier molecular flexibility index (Phi) is 13.6. The zero-order valence-electron chi connectivity index (χ0n) is 40.0. The van der Waals surface area contributed by atoms with Crippen LogP contribution in [0.1, 0.15) is 132 Å². The first-order valence-electron chi connectivity index (χ1n) is 24.9. The van der Waals surface area contributed by atoms with Crippen LogP contribution in [-0.4, -0.2) is 0 Å². The van der Waals surface area contributed by atoms with Crippen molar-refractivity contribution in [3.63, 3.8) is 0 Å². The van der Waals surface area contributed by atoms with Gasteiger partial charge in [0.15, 0.2) is 0 Å². The van der Waals surface area contributed by atoms with Crippen molar-refractivity contribution in [2.45, 2.75) is 116 Å². The van der Waals surface area contributed by atoms with Gasteiger partial charge in [-0.05, 0) is 154 Å². The van der Waals surface area contributed by atoms with Crippen LogP contribution in [0.4, 0.5) is 17.1 Å². The number of rotatable bonds is 18. The molecule has 0 aliphatic heterocycles. The van der Waals surface area contributed by atoms with Gasteiger partial charge in [0.25, 0.3) is 5.70 Å². The van der Waals surface area contributed by atoms with Crippen molar-refractivity contribution in [2.75, 3.05) is 4.90 Å². The molecule has 7 aromatic rings. The second-order valence-corrected chi connectivity index (χ2v) is 19.9. The molecule has 68 heavy (non-hydrogen) atoms. The minimum Gasteiger partial charge on any atom is -0.310 e. The van der Waals surface area contributed by atoms with Crippen molar-refractivity contribution in [1.82, 2.24) is 0 Å². The number of nitrogens with zero attached hydrogens (tertiary/aromatic N) is 4. The Morgan fingerprint density at radius 2 is 0.926 bits per heavy atom. The van der Waals surface area contributed by atoms with Gasteiger partial charge >= 0.3 is 0 Å². The number of thiophene rings is 1. The molecule has 2 aliphatic carbocycles. The van der Waals surface area contributed by atoms with E-state index in [9.17, 15) is 10.5 Å². The van der Waals surface area contributed by atoms with E-state index in [0.717, 1.165) is 86.0 Å². The topological polar surface area (TPSA) is 55.2 Å². The van der Waals surface area contributed by atoms with Gasteiger partial charge in [-0.3, -0.25) is 0 Å². The molecule has 0 bridgehead atoms. The molecule has 4 nitrogen and oxygen atoms in total. The minimum absolute atomic E-state index is 0.102. The number of unbranched alkanes of at least 4 members (excludes halogenated alkanes) is 4. The average Bonchev–Trinajstić information content (AvgIpc) is 4.06. The molecule has 0 spiro atoms. The summed E-state index contributed by atoms with van der Waals surface area (Å²) in [6.45, 7) is 16.8. The quantitative estimate of drug-likeness (QED) is 0.0637. The normalized spacial score (nSPS) is 13.8. The maximum atomic E-state index is 9.94. The van der Waals surface area contributed by atoms with Crippen LogP contribution >= 0.6 is 11.3 Å². The van der Waals surface area contributed by atoms with Crippen molar-refractivity contribution < 1.29 is 0 Å². The van der Waals surface area contributed by atoms with E-state index < -0.39 is 0 Å². The van der Waals surface area contributed by atoms with Crippen LogP contribution in [0.25, 0.3) is 54.2 Å². The van der Waals surface area contributed by atoms with Gasteiger partial charge in [0.05, 0.1) is 24.3 Å². The van der Waals surface area contributed by atoms with E-state index in [1.807, 2.05) is 18.2 Å². The van der Waals surface area contributed by atoms with E-state index in [4.69, 9.17) is 6.57 Å². The molecular weight excluding hydrogens is 845 g/mol. The SMILES string of the molecule is [C-]#[N+]/C(C#N)=C(/C#N)c1ccc(-c2ccc3c(c2)C(CCCC)(CCCC)c2cc(-c4ccc5c(c4)C(CCCC)(CCCC)c4cc(N(c6ccccc6)c6ccccc6)ccc4-5)ccc2-3)s1. The number of para-hydroxylation sites is 2. The predicted molar refractivity (Wildman–Crippen MR) is 285 cm³/mol. The molecule has 0 amide bonds. The summed E-state index contributed by atoms with van der Waals surface area (Å²) in [6.07, 6.45) is 13.5. The van der Waals surface area contributed by atoms with Crippen LogP contribution in [0.2, 0.25) is 0 Å². The third-order valence-electron chi connectivity index (χ3n) is 14.9. The van der Waals surface area contributed by atoms with Crippen molar-refractivity contribution in [3.05, 3.63) is 190 Å². The standard InChI is InChI=1S/C63H60N4S/c1-6-10-34-62(35-11-7-2)55-38-44(24-28-50(55)52-30-26-46(40-57(52)62)60-32-33-61(68-60)54(42-64)59(43-65)66-5)45-25-29-51-53-31-27-49(67(47-20-16-14-17-21-47)48-22-18-15-19-23-48)41-58(53)63(36-12-8-3,37-13-9-4)56(51)39-45/h14-33,38-41H,6-13,34-37H2,1-4H3/b59-54-. The molecule has 0 fully saturated rings. The molecule has 2 aliphatic rings. The number of hydrogen-bond acceptors (Lipinski definition) is 4. The summed E-state index contributed by atoms with van der Waals surface area (Å²) in [5.74, 6) is 0. The molecule has 0 unspecified atom stereocenters. The summed E-state index contributed by atoms with van der Waals surface area (Å²) < 4.78 is 0. The summed E-state index contributed by atoms with van der Waals surface area (Å²) in [5, 5.41) is 19.5. The molecule has 6 aromatic carbocycles. The van der Waals surface area contributed by atoms with E-state index >= 15 is 0 Å². The average molecular weight is 905 g/mol. The number of fused-ring (bicyclic) bond motifs is 6. The number of benzene rings is 6. The first-order valence-corrected chi connectivity index (χ1v) is 25.7. The lowest BCUT2D eigenvalue weighted by Gasteiger charge is -2.34. The number of nitriles is 2. The lowest BCUT2D eigenvalue weighted by atomic mass is 9.69.